The van der Waals surface area contributed by atoms with Crippen molar-refractivity contribution in [2.45, 2.75) is 52.5 Å². The van der Waals surface area contributed by atoms with Gasteiger partial charge in [-0.2, -0.15) is 0 Å². The smallest absolute Gasteiger partial charge is 0.240 e. The van der Waals surface area contributed by atoms with Gasteiger partial charge in [-0.05, 0) is 45.7 Å². The van der Waals surface area contributed by atoms with E-state index in [-0.39, 0.29) is 24.4 Å². The Morgan fingerprint density at radius 1 is 1.38 bits per heavy atom. The average Bonchev–Trinajstić information content (AvgIpc) is 2.60. The molecule has 0 saturated carbocycles. The van der Waals surface area contributed by atoms with Crippen molar-refractivity contribution in [1.82, 2.24) is 5.32 Å². The topological polar surface area (TPSA) is 49.4 Å². The molecule has 0 radical (unpaired) electrons. The predicted octanol–water partition coefficient (Wildman–Crippen LogP) is 2.53. The van der Waals surface area contributed by atoms with E-state index < -0.39 is 5.41 Å². The maximum Gasteiger partial charge on any atom is 0.240 e. The van der Waals surface area contributed by atoms with Gasteiger partial charge in [0.25, 0.3) is 0 Å². The summed E-state index contributed by atoms with van der Waals surface area (Å²) in [5, 5.41) is 2.91. The number of hydrogen-bond donors (Lipinski definition) is 1. The van der Waals surface area contributed by atoms with E-state index in [0.717, 1.165) is 23.2 Å². The van der Waals surface area contributed by atoms with E-state index >= 15 is 0 Å². The molecule has 4 heteroatoms. The van der Waals surface area contributed by atoms with Gasteiger partial charge in [0, 0.05) is 11.7 Å². The Morgan fingerprint density at radius 2 is 2.05 bits per heavy atom. The first-order chi connectivity index (χ1) is 9.77. The summed E-state index contributed by atoms with van der Waals surface area (Å²) in [5.41, 5.74) is 2.41. The molecule has 0 spiro atoms. The maximum absolute atomic E-state index is 12.6. The van der Waals surface area contributed by atoms with Crippen molar-refractivity contribution in [3.05, 3.63) is 29.3 Å². The van der Waals surface area contributed by atoms with E-state index in [1.165, 1.54) is 0 Å². The first-order valence-corrected chi connectivity index (χ1v) is 7.49. The van der Waals surface area contributed by atoms with Gasteiger partial charge < -0.3 is 10.2 Å². The Morgan fingerprint density at radius 3 is 2.67 bits per heavy atom. The minimum absolute atomic E-state index is 0.0117. The molecule has 1 atom stereocenters. The third-order valence-corrected chi connectivity index (χ3v) is 4.22. The molecule has 0 unspecified atom stereocenters. The number of hydrogen-bond acceptors (Lipinski definition) is 2. The number of fused-ring (bicyclic) bond motifs is 1. The lowest BCUT2D eigenvalue weighted by molar-refractivity contribution is -0.125. The zero-order valence-electron chi connectivity index (χ0n) is 13.5. The summed E-state index contributed by atoms with van der Waals surface area (Å²) in [5.74, 6) is -0.121. The molecule has 1 aromatic carbocycles. The van der Waals surface area contributed by atoms with Crippen molar-refractivity contribution in [1.29, 1.82) is 0 Å². The lowest BCUT2D eigenvalue weighted by Gasteiger charge is -2.21. The highest BCUT2D eigenvalue weighted by Crippen LogP contribution is 2.41. The Balaban J connectivity index is 2.26. The fourth-order valence-electron chi connectivity index (χ4n) is 2.67. The predicted molar refractivity (Wildman–Crippen MR) is 84.5 cm³/mol. The van der Waals surface area contributed by atoms with Gasteiger partial charge >= 0.3 is 0 Å². The van der Waals surface area contributed by atoms with Crippen molar-refractivity contribution in [2.75, 3.05) is 11.4 Å². The summed E-state index contributed by atoms with van der Waals surface area (Å²) in [6.45, 7) is 9.92. The Bertz CT molecular complexity index is 578. The fourth-order valence-corrected chi connectivity index (χ4v) is 2.67. The van der Waals surface area contributed by atoms with Gasteiger partial charge in [0.05, 0.1) is 5.41 Å². The van der Waals surface area contributed by atoms with Crippen LogP contribution in [0.2, 0.25) is 0 Å². The van der Waals surface area contributed by atoms with Gasteiger partial charge in [-0.15, -0.1) is 0 Å². The zero-order chi connectivity index (χ0) is 15.8. The van der Waals surface area contributed by atoms with Crippen molar-refractivity contribution in [3.63, 3.8) is 0 Å². The largest absolute Gasteiger partial charge is 0.352 e. The van der Waals surface area contributed by atoms with Crippen LogP contribution in [0.15, 0.2) is 18.2 Å². The van der Waals surface area contributed by atoms with Crippen LogP contribution in [-0.2, 0) is 15.0 Å². The molecule has 0 aliphatic carbocycles. The molecule has 0 saturated heterocycles. The number of benzene rings is 1. The third-order valence-electron chi connectivity index (χ3n) is 4.22. The van der Waals surface area contributed by atoms with Gasteiger partial charge in [0.1, 0.15) is 6.54 Å². The van der Waals surface area contributed by atoms with E-state index in [0.29, 0.717) is 0 Å². The summed E-state index contributed by atoms with van der Waals surface area (Å²) >= 11 is 0. The van der Waals surface area contributed by atoms with Crippen molar-refractivity contribution in [2.24, 2.45) is 0 Å². The third kappa shape index (κ3) is 2.80. The van der Waals surface area contributed by atoms with E-state index in [9.17, 15) is 9.59 Å². The standard InChI is InChI=1S/C17H24N2O2/c1-6-12(3)18-15(20)10-19-14-8-7-11(2)9-13(14)17(4,5)16(19)21/h7-9,12H,6,10H2,1-5H3,(H,18,20)/t12-/m0/s1. The molecule has 0 bridgehead atoms. The second-order valence-corrected chi connectivity index (χ2v) is 6.41. The Hall–Kier alpha value is -1.84. The molecular formula is C17H24N2O2. The van der Waals surface area contributed by atoms with Crippen LogP contribution in [-0.4, -0.2) is 24.4 Å². The minimum Gasteiger partial charge on any atom is -0.352 e. The first kappa shape index (κ1) is 15.5. The van der Waals surface area contributed by atoms with Crippen molar-refractivity contribution < 1.29 is 9.59 Å². The molecule has 1 aromatic rings. The molecule has 1 aliphatic heterocycles. The molecule has 1 heterocycles. The molecular weight excluding hydrogens is 264 g/mol. The highest BCUT2D eigenvalue weighted by atomic mass is 16.2. The van der Waals surface area contributed by atoms with Gasteiger partial charge in [0.15, 0.2) is 0 Å². The SMILES string of the molecule is CC[C@H](C)NC(=O)CN1C(=O)C(C)(C)c2cc(C)ccc21. The van der Waals surface area contributed by atoms with E-state index in [4.69, 9.17) is 0 Å². The summed E-state index contributed by atoms with van der Waals surface area (Å²) < 4.78 is 0. The minimum atomic E-state index is -0.571. The second kappa shape index (κ2) is 5.51. The average molecular weight is 288 g/mol. The number of anilines is 1. The normalized spacial score (nSPS) is 17.6. The molecule has 1 N–H and O–H groups in total. The van der Waals surface area contributed by atoms with E-state index in [2.05, 4.69) is 5.32 Å². The highest BCUT2D eigenvalue weighted by Gasteiger charge is 2.44. The lowest BCUT2D eigenvalue weighted by atomic mass is 9.85. The van der Waals surface area contributed by atoms with Gasteiger partial charge in [-0.25, -0.2) is 0 Å². The molecule has 1 aliphatic rings. The molecule has 2 amide bonds. The summed E-state index contributed by atoms with van der Waals surface area (Å²) in [6, 6.07) is 6.08. The molecule has 4 nitrogen and oxygen atoms in total. The van der Waals surface area contributed by atoms with Gasteiger partial charge in [0.2, 0.25) is 11.8 Å². The number of amides is 2. The second-order valence-electron chi connectivity index (χ2n) is 6.41. The van der Waals surface area contributed by atoms with Gasteiger partial charge in [-0.1, -0.05) is 24.6 Å². The highest BCUT2D eigenvalue weighted by molar-refractivity contribution is 6.10. The lowest BCUT2D eigenvalue weighted by Crippen LogP contribution is -2.44. The monoisotopic (exact) mass is 288 g/mol. The molecule has 114 valence electrons. The van der Waals surface area contributed by atoms with E-state index in [1.54, 1.807) is 4.90 Å². The van der Waals surface area contributed by atoms with Crippen LogP contribution in [0.25, 0.3) is 0 Å². The Labute approximate surface area is 126 Å². The van der Waals surface area contributed by atoms with Crippen LogP contribution < -0.4 is 10.2 Å². The van der Waals surface area contributed by atoms with Crippen LogP contribution in [0, 0.1) is 6.92 Å². The number of nitrogens with one attached hydrogen (secondary N) is 1. The number of carbonyl (C=O) groups excluding carboxylic acids is 2. The van der Waals surface area contributed by atoms with Crippen molar-refractivity contribution in [3.8, 4) is 0 Å². The first-order valence-electron chi connectivity index (χ1n) is 7.49. The fraction of sp³-hybridized carbons (Fsp3) is 0.529. The summed E-state index contributed by atoms with van der Waals surface area (Å²) in [4.78, 5) is 26.3. The van der Waals surface area contributed by atoms with Gasteiger partial charge in [-0.3, -0.25) is 9.59 Å². The quantitative estimate of drug-likeness (QED) is 0.925. The van der Waals surface area contributed by atoms with Crippen LogP contribution in [0.1, 0.15) is 45.2 Å². The molecule has 2 rings (SSSR count). The maximum atomic E-state index is 12.6. The molecule has 21 heavy (non-hydrogen) atoms. The number of aryl methyl sites for hydroxylation is 1. The van der Waals surface area contributed by atoms with Crippen molar-refractivity contribution >= 4 is 17.5 Å². The number of rotatable bonds is 4. The molecule has 0 fully saturated rings. The zero-order valence-corrected chi connectivity index (χ0v) is 13.5. The summed E-state index contributed by atoms with van der Waals surface area (Å²) in [7, 11) is 0. The van der Waals surface area contributed by atoms with Crippen LogP contribution in [0.3, 0.4) is 0 Å². The number of carbonyl (C=O) groups is 2. The van der Waals surface area contributed by atoms with E-state index in [1.807, 2.05) is 52.8 Å². The molecule has 0 aromatic heterocycles. The number of nitrogens with zero attached hydrogens (tertiary/aromatic N) is 1. The van der Waals surface area contributed by atoms with Crippen LogP contribution >= 0.6 is 0 Å². The van der Waals surface area contributed by atoms with Crippen LogP contribution in [0.5, 0.6) is 0 Å². The summed E-state index contributed by atoms with van der Waals surface area (Å²) in [6.07, 6.45) is 0.876. The Kier molecular flexibility index (Phi) is 4.08. The van der Waals surface area contributed by atoms with Crippen LogP contribution in [0.4, 0.5) is 5.69 Å².